The fraction of sp³-hybridized carbons (Fsp3) is 0.625. The van der Waals surface area contributed by atoms with Crippen molar-refractivity contribution in [3.05, 3.63) is 29.8 Å². The monoisotopic (exact) mass is 265 g/mol. The smallest absolute Gasteiger partial charge is 0.00721 e. The predicted octanol–water partition coefficient (Wildman–Crippen LogP) is 4.65. The van der Waals surface area contributed by atoms with E-state index in [1.54, 1.807) is 0 Å². The Hall–Kier alpha value is -0.470. The van der Waals surface area contributed by atoms with Gasteiger partial charge < -0.3 is 5.32 Å². The van der Waals surface area contributed by atoms with Crippen molar-refractivity contribution < 1.29 is 0 Å². The van der Waals surface area contributed by atoms with Crippen LogP contribution in [0.2, 0.25) is 0 Å². The van der Waals surface area contributed by atoms with Crippen molar-refractivity contribution >= 4 is 11.8 Å². The Kier molecular flexibility index (Phi) is 8.19. The highest BCUT2D eigenvalue weighted by Gasteiger charge is 2.00. The minimum atomic E-state index is 0.675. The molecule has 0 aliphatic heterocycles. The molecule has 1 rings (SSSR count). The van der Waals surface area contributed by atoms with Crippen LogP contribution in [-0.2, 0) is 0 Å². The van der Waals surface area contributed by atoms with Crippen LogP contribution in [0.3, 0.4) is 0 Å². The average Bonchev–Trinajstić information content (AvgIpc) is 2.38. The summed E-state index contributed by atoms with van der Waals surface area (Å²) in [6, 6.07) is 9.52. The van der Waals surface area contributed by atoms with Crippen LogP contribution in [0.4, 0.5) is 0 Å². The fourth-order valence-corrected chi connectivity index (χ4v) is 2.78. The van der Waals surface area contributed by atoms with Gasteiger partial charge in [-0.25, -0.2) is 0 Å². The molecule has 1 aromatic carbocycles. The first-order chi connectivity index (χ1) is 8.72. The molecular weight excluding hydrogens is 238 g/mol. The topological polar surface area (TPSA) is 12.0 Å². The molecule has 0 radical (unpaired) electrons. The van der Waals surface area contributed by atoms with Gasteiger partial charge in [-0.05, 0) is 57.5 Å². The van der Waals surface area contributed by atoms with Gasteiger partial charge in [0, 0.05) is 10.9 Å². The van der Waals surface area contributed by atoms with Crippen LogP contribution in [-0.4, -0.2) is 18.3 Å². The number of benzene rings is 1. The van der Waals surface area contributed by atoms with E-state index in [1.165, 1.54) is 41.9 Å². The molecule has 2 heteroatoms. The summed E-state index contributed by atoms with van der Waals surface area (Å²) < 4.78 is 0. The molecule has 1 atom stereocenters. The Morgan fingerprint density at radius 2 is 1.89 bits per heavy atom. The molecule has 0 bridgehead atoms. The second-order valence-electron chi connectivity index (χ2n) is 5.01. The Balaban J connectivity index is 2.03. The van der Waals surface area contributed by atoms with Gasteiger partial charge in [-0.15, -0.1) is 11.8 Å². The summed E-state index contributed by atoms with van der Waals surface area (Å²) in [5.74, 6) is 1.24. The van der Waals surface area contributed by atoms with Gasteiger partial charge in [0.15, 0.2) is 0 Å². The first-order valence-electron chi connectivity index (χ1n) is 7.15. The molecule has 0 saturated carbocycles. The van der Waals surface area contributed by atoms with Gasteiger partial charge in [-0.2, -0.15) is 0 Å². The number of rotatable bonds is 9. The van der Waals surface area contributed by atoms with Gasteiger partial charge in [0.05, 0.1) is 0 Å². The summed E-state index contributed by atoms with van der Waals surface area (Å²) in [6.07, 6.45) is 5.18. The van der Waals surface area contributed by atoms with Crippen molar-refractivity contribution in [2.45, 2.75) is 57.4 Å². The normalized spacial score (nSPS) is 12.6. The SMILES string of the molecule is CCCNC(C)CCCCSc1ccc(C)cc1. The molecule has 0 amide bonds. The van der Waals surface area contributed by atoms with Crippen molar-refractivity contribution in [2.24, 2.45) is 0 Å². The van der Waals surface area contributed by atoms with Gasteiger partial charge >= 0.3 is 0 Å². The molecule has 0 aliphatic carbocycles. The molecule has 0 spiro atoms. The quantitative estimate of drug-likeness (QED) is 0.515. The number of hydrogen-bond acceptors (Lipinski definition) is 2. The van der Waals surface area contributed by atoms with E-state index in [1.807, 2.05) is 11.8 Å². The number of aryl methyl sites for hydroxylation is 1. The average molecular weight is 265 g/mol. The van der Waals surface area contributed by atoms with E-state index in [-0.39, 0.29) is 0 Å². The Labute approximate surface area is 117 Å². The third kappa shape index (κ3) is 7.07. The van der Waals surface area contributed by atoms with E-state index >= 15 is 0 Å². The summed E-state index contributed by atoms with van der Waals surface area (Å²) in [6.45, 7) is 7.80. The highest BCUT2D eigenvalue weighted by molar-refractivity contribution is 7.99. The molecule has 1 aromatic rings. The Morgan fingerprint density at radius 1 is 1.17 bits per heavy atom. The van der Waals surface area contributed by atoms with Crippen LogP contribution in [0.25, 0.3) is 0 Å². The van der Waals surface area contributed by atoms with Gasteiger partial charge in [0.1, 0.15) is 0 Å². The third-order valence-corrected chi connectivity index (χ3v) is 4.16. The lowest BCUT2D eigenvalue weighted by Crippen LogP contribution is -2.26. The highest BCUT2D eigenvalue weighted by atomic mass is 32.2. The number of hydrogen-bond donors (Lipinski definition) is 1. The Morgan fingerprint density at radius 3 is 2.56 bits per heavy atom. The second-order valence-corrected chi connectivity index (χ2v) is 6.18. The lowest BCUT2D eigenvalue weighted by Gasteiger charge is -2.12. The maximum Gasteiger partial charge on any atom is 0.00721 e. The zero-order chi connectivity index (χ0) is 13.2. The maximum absolute atomic E-state index is 3.54. The minimum Gasteiger partial charge on any atom is -0.314 e. The van der Waals surface area contributed by atoms with E-state index in [0.29, 0.717) is 6.04 Å². The van der Waals surface area contributed by atoms with Crippen LogP contribution in [0.15, 0.2) is 29.2 Å². The van der Waals surface area contributed by atoms with Crippen LogP contribution in [0.1, 0.15) is 45.1 Å². The first kappa shape index (κ1) is 15.6. The summed E-state index contributed by atoms with van der Waals surface area (Å²) >= 11 is 1.98. The zero-order valence-corrected chi connectivity index (χ0v) is 12.9. The van der Waals surface area contributed by atoms with Crippen LogP contribution < -0.4 is 5.32 Å². The number of thioether (sulfide) groups is 1. The van der Waals surface area contributed by atoms with Gasteiger partial charge in [0.2, 0.25) is 0 Å². The van der Waals surface area contributed by atoms with Crippen LogP contribution >= 0.6 is 11.8 Å². The van der Waals surface area contributed by atoms with E-state index in [2.05, 4.69) is 50.4 Å². The van der Waals surface area contributed by atoms with Crippen molar-refractivity contribution in [3.63, 3.8) is 0 Å². The van der Waals surface area contributed by atoms with Crippen molar-refractivity contribution in [1.82, 2.24) is 5.32 Å². The molecule has 0 aliphatic rings. The van der Waals surface area contributed by atoms with Gasteiger partial charge in [-0.3, -0.25) is 0 Å². The molecule has 1 nitrogen and oxygen atoms in total. The molecule has 0 heterocycles. The van der Waals surface area contributed by atoms with E-state index in [4.69, 9.17) is 0 Å². The largest absolute Gasteiger partial charge is 0.314 e. The van der Waals surface area contributed by atoms with E-state index in [9.17, 15) is 0 Å². The molecule has 0 fully saturated rings. The van der Waals surface area contributed by atoms with Gasteiger partial charge in [0.25, 0.3) is 0 Å². The van der Waals surface area contributed by atoms with Crippen molar-refractivity contribution in [3.8, 4) is 0 Å². The fourth-order valence-electron chi connectivity index (χ4n) is 1.87. The zero-order valence-electron chi connectivity index (χ0n) is 12.0. The molecular formula is C16H27NS. The molecule has 102 valence electrons. The van der Waals surface area contributed by atoms with Gasteiger partial charge in [-0.1, -0.05) is 31.0 Å². The molecule has 18 heavy (non-hydrogen) atoms. The molecule has 0 aromatic heterocycles. The van der Waals surface area contributed by atoms with E-state index in [0.717, 1.165) is 6.54 Å². The predicted molar refractivity (Wildman–Crippen MR) is 83.5 cm³/mol. The summed E-state index contributed by atoms with van der Waals surface area (Å²) in [5.41, 5.74) is 1.34. The standard InChI is InChI=1S/C16H27NS/c1-4-12-17-15(3)7-5-6-13-18-16-10-8-14(2)9-11-16/h8-11,15,17H,4-7,12-13H2,1-3H3. The molecule has 0 saturated heterocycles. The lowest BCUT2D eigenvalue weighted by atomic mass is 10.1. The summed E-state index contributed by atoms with van der Waals surface area (Å²) in [5, 5.41) is 3.54. The minimum absolute atomic E-state index is 0.675. The van der Waals surface area contributed by atoms with Crippen molar-refractivity contribution in [2.75, 3.05) is 12.3 Å². The number of unbranched alkanes of at least 4 members (excludes halogenated alkanes) is 1. The highest BCUT2D eigenvalue weighted by Crippen LogP contribution is 2.20. The molecule has 1 N–H and O–H groups in total. The number of nitrogens with one attached hydrogen (secondary N) is 1. The van der Waals surface area contributed by atoms with Crippen LogP contribution in [0.5, 0.6) is 0 Å². The lowest BCUT2D eigenvalue weighted by molar-refractivity contribution is 0.496. The Bertz CT molecular complexity index is 307. The second kappa shape index (κ2) is 9.46. The first-order valence-corrected chi connectivity index (χ1v) is 8.13. The van der Waals surface area contributed by atoms with Crippen LogP contribution in [0, 0.1) is 6.92 Å². The van der Waals surface area contributed by atoms with E-state index < -0.39 is 0 Å². The summed E-state index contributed by atoms with van der Waals surface area (Å²) in [4.78, 5) is 1.40. The molecule has 1 unspecified atom stereocenters. The van der Waals surface area contributed by atoms with Crippen molar-refractivity contribution in [1.29, 1.82) is 0 Å². The third-order valence-electron chi connectivity index (χ3n) is 3.06. The summed E-state index contributed by atoms with van der Waals surface area (Å²) in [7, 11) is 0. The maximum atomic E-state index is 3.54.